The van der Waals surface area contributed by atoms with Gasteiger partial charge in [0.25, 0.3) is 5.56 Å². The molecular formula is C16H25N2O8P. The standard InChI is InChI=1S/C16H25N2O8P/c1-5-24-27(21,22)26-12-11-14(18-7-10(4)13(19)17-15(18)20)25-16(12,8-23-11)6-9(2)3/h7,9,11-12,14H,5-6,8H2,1-4H3,(H,21,22)(H,17,19,20)/t11?,12?,14-,16+/m1/s1. The number of rotatable bonds is 7. The van der Waals surface area contributed by atoms with Crippen LogP contribution in [0.4, 0.5) is 0 Å². The third-order valence-corrected chi connectivity index (χ3v) is 5.76. The highest BCUT2D eigenvalue weighted by atomic mass is 31.2. The van der Waals surface area contributed by atoms with Gasteiger partial charge >= 0.3 is 13.5 Å². The molecule has 0 saturated carbocycles. The van der Waals surface area contributed by atoms with Gasteiger partial charge in [-0.1, -0.05) is 13.8 Å². The summed E-state index contributed by atoms with van der Waals surface area (Å²) in [4.78, 5) is 36.1. The van der Waals surface area contributed by atoms with Crippen molar-refractivity contribution in [1.82, 2.24) is 9.55 Å². The Labute approximate surface area is 156 Å². The topological polar surface area (TPSA) is 129 Å². The molecule has 0 spiro atoms. The van der Waals surface area contributed by atoms with Crippen LogP contribution in [0.25, 0.3) is 0 Å². The number of hydrogen-bond donors (Lipinski definition) is 2. The zero-order valence-electron chi connectivity index (χ0n) is 15.7. The molecule has 10 nitrogen and oxygen atoms in total. The fourth-order valence-electron chi connectivity index (χ4n) is 3.74. The molecule has 1 aromatic heterocycles. The summed E-state index contributed by atoms with van der Waals surface area (Å²) in [6, 6.07) is 0. The minimum absolute atomic E-state index is 0.00601. The van der Waals surface area contributed by atoms with Gasteiger partial charge in [0.05, 0.1) is 13.2 Å². The number of hydrogen-bond acceptors (Lipinski definition) is 7. The van der Waals surface area contributed by atoms with Gasteiger partial charge in [-0.15, -0.1) is 0 Å². The van der Waals surface area contributed by atoms with Gasteiger partial charge < -0.3 is 14.4 Å². The van der Waals surface area contributed by atoms with E-state index in [2.05, 4.69) is 4.98 Å². The summed E-state index contributed by atoms with van der Waals surface area (Å²) in [6.07, 6.45) is -0.711. The van der Waals surface area contributed by atoms with E-state index >= 15 is 0 Å². The van der Waals surface area contributed by atoms with Crippen LogP contribution in [0.3, 0.4) is 0 Å². The Bertz CT molecular complexity index is 865. The number of phosphoric ester groups is 1. The summed E-state index contributed by atoms with van der Waals surface area (Å²) in [7, 11) is -4.31. The average molecular weight is 404 g/mol. The van der Waals surface area contributed by atoms with E-state index in [0.717, 1.165) is 0 Å². The number of aryl methyl sites for hydroxylation is 1. The second-order valence-electron chi connectivity index (χ2n) is 7.34. The molecule has 3 unspecified atom stereocenters. The van der Waals surface area contributed by atoms with Crippen molar-refractivity contribution in [1.29, 1.82) is 0 Å². The van der Waals surface area contributed by atoms with Crippen molar-refractivity contribution in [2.75, 3.05) is 13.2 Å². The van der Waals surface area contributed by atoms with Crippen LogP contribution in [0.1, 0.15) is 39.0 Å². The van der Waals surface area contributed by atoms with Crippen molar-refractivity contribution in [3.63, 3.8) is 0 Å². The van der Waals surface area contributed by atoms with Gasteiger partial charge in [-0.25, -0.2) is 9.36 Å². The van der Waals surface area contributed by atoms with Crippen LogP contribution in [0.15, 0.2) is 15.8 Å². The van der Waals surface area contributed by atoms with E-state index in [1.54, 1.807) is 13.8 Å². The number of nitrogens with zero attached hydrogens (tertiary/aromatic N) is 1. The number of phosphoric acid groups is 1. The molecular weight excluding hydrogens is 379 g/mol. The molecule has 2 fully saturated rings. The molecule has 1 aromatic rings. The van der Waals surface area contributed by atoms with Gasteiger partial charge in [0, 0.05) is 11.8 Å². The van der Waals surface area contributed by atoms with Gasteiger partial charge in [0.1, 0.15) is 17.8 Å². The van der Waals surface area contributed by atoms with E-state index in [-0.39, 0.29) is 19.1 Å². The second-order valence-corrected chi connectivity index (χ2v) is 8.74. The number of H-pyrrole nitrogens is 1. The van der Waals surface area contributed by atoms with Crippen LogP contribution >= 0.6 is 7.82 Å². The lowest BCUT2D eigenvalue weighted by molar-refractivity contribution is -0.180. The van der Waals surface area contributed by atoms with Crippen LogP contribution in [0.5, 0.6) is 0 Å². The summed E-state index contributed by atoms with van der Waals surface area (Å²) in [5.41, 5.74) is -1.80. The molecule has 0 radical (unpaired) electrons. The monoisotopic (exact) mass is 404 g/mol. The van der Waals surface area contributed by atoms with Gasteiger partial charge in [0.2, 0.25) is 0 Å². The van der Waals surface area contributed by atoms with Crippen LogP contribution in [0, 0.1) is 12.8 Å². The molecule has 152 valence electrons. The van der Waals surface area contributed by atoms with E-state index < -0.39 is 43.1 Å². The molecule has 27 heavy (non-hydrogen) atoms. The first-order valence-corrected chi connectivity index (χ1v) is 10.4. The molecule has 11 heteroatoms. The number of aromatic amines is 1. The minimum Gasteiger partial charge on any atom is -0.368 e. The maximum absolute atomic E-state index is 12.3. The fourth-order valence-corrected chi connectivity index (χ4v) is 4.73. The molecule has 2 aliphatic heterocycles. The van der Waals surface area contributed by atoms with Crippen molar-refractivity contribution in [2.24, 2.45) is 5.92 Å². The minimum atomic E-state index is -4.31. The maximum Gasteiger partial charge on any atom is 0.472 e. The highest BCUT2D eigenvalue weighted by molar-refractivity contribution is 7.47. The molecule has 2 saturated heterocycles. The fraction of sp³-hybridized carbons (Fsp3) is 0.750. The summed E-state index contributed by atoms with van der Waals surface area (Å²) in [5, 5.41) is 0. The van der Waals surface area contributed by atoms with Crippen LogP contribution in [-0.2, 0) is 23.1 Å². The Morgan fingerprint density at radius 3 is 2.81 bits per heavy atom. The maximum atomic E-state index is 12.3. The SMILES string of the molecule is CCOP(=O)(O)OC1C2OC[C@]1(CC(C)C)O[C@H]2n1cc(C)c(=O)[nH]c1=O. The molecule has 3 rings (SSSR count). The smallest absolute Gasteiger partial charge is 0.368 e. The molecule has 5 atom stereocenters. The number of fused-ring (bicyclic) bond motifs is 2. The number of ether oxygens (including phenoxy) is 2. The summed E-state index contributed by atoms with van der Waals surface area (Å²) >= 11 is 0. The third-order valence-electron chi connectivity index (χ3n) is 4.69. The van der Waals surface area contributed by atoms with Gasteiger partial charge in [-0.05, 0) is 26.2 Å². The third kappa shape index (κ3) is 3.83. The predicted molar refractivity (Wildman–Crippen MR) is 94.4 cm³/mol. The Kier molecular flexibility index (Phi) is 5.51. The molecule has 0 amide bonds. The Hall–Kier alpha value is -1.29. The van der Waals surface area contributed by atoms with Crippen LogP contribution in [0.2, 0.25) is 0 Å². The zero-order valence-corrected chi connectivity index (χ0v) is 16.6. The largest absolute Gasteiger partial charge is 0.472 e. The Balaban J connectivity index is 1.99. The Morgan fingerprint density at radius 2 is 2.19 bits per heavy atom. The molecule has 0 aromatic carbocycles. The van der Waals surface area contributed by atoms with E-state index in [4.69, 9.17) is 18.5 Å². The van der Waals surface area contributed by atoms with E-state index in [1.165, 1.54) is 10.8 Å². The Morgan fingerprint density at radius 1 is 1.48 bits per heavy atom. The second kappa shape index (κ2) is 7.27. The van der Waals surface area contributed by atoms with Crippen LogP contribution in [-0.4, -0.2) is 45.5 Å². The van der Waals surface area contributed by atoms with E-state index in [1.807, 2.05) is 13.8 Å². The summed E-state index contributed by atoms with van der Waals surface area (Å²) < 4.78 is 35.6. The van der Waals surface area contributed by atoms with Gasteiger partial charge in [0.15, 0.2) is 6.23 Å². The van der Waals surface area contributed by atoms with Gasteiger partial charge in [-0.3, -0.25) is 23.4 Å². The molecule has 2 bridgehead atoms. The van der Waals surface area contributed by atoms with Crippen molar-refractivity contribution in [3.05, 3.63) is 32.6 Å². The van der Waals surface area contributed by atoms with E-state index in [9.17, 15) is 19.0 Å². The molecule has 3 heterocycles. The predicted octanol–water partition coefficient (Wildman–Crippen LogP) is 1.08. The first kappa shape index (κ1) is 20.4. The highest BCUT2D eigenvalue weighted by Gasteiger charge is 2.64. The lowest BCUT2D eigenvalue weighted by Crippen LogP contribution is -2.43. The lowest BCUT2D eigenvalue weighted by Gasteiger charge is -2.33. The number of nitrogens with one attached hydrogen (secondary N) is 1. The molecule has 0 aliphatic carbocycles. The van der Waals surface area contributed by atoms with Gasteiger partial charge in [-0.2, -0.15) is 0 Å². The summed E-state index contributed by atoms with van der Waals surface area (Å²) in [5.74, 6) is 0.177. The van der Waals surface area contributed by atoms with Crippen molar-refractivity contribution in [2.45, 2.75) is 58.2 Å². The first-order chi connectivity index (χ1) is 12.6. The van der Waals surface area contributed by atoms with Crippen molar-refractivity contribution in [3.8, 4) is 0 Å². The quantitative estimate of drug-likeness (QED) is 0.646. The summed E-state index contributed by atoms with van der Waals surface area (Å²) in [6.45, 7) is 7.28. The number of aromatic nitrogens is 2. The normalized spacial score (nSPS) is 32.1. The zero-order chi connectivity index (χ0) is 20.0. The van der Waals surface area contributed by atoms with Crippen LogP contribution < -0.4 is 11.2 Å². The van der Waals surface area contributed by atoms with E-state index in [0.29, 0.717) is 12.0 Å². The first-order valence-electron chi connectivity index (χ1n) is 8.86. The molecule has 2 N–H and O–H groups in total. The average Bonchev–Trinajstić information content (AvgIpc) is 3.00. The lowest BCUT2D eigenvalue weighted by atomic mass is 9.89. The highest BCUT2D eigenvalue weighted by Crippen LogP contribution is 2.55. The van der Waals surface area contributed by atoms with Crippen molar-refractivity contribution < 1.29 is 28.0 Å². The van der Waals surface area contributed by atoms with Crippen molar-refractivity contribution >= 4 is 7.82 Å². The molecule has 2 aliphatic rings.